The van der Waals surface area contributed by atoms with Crippen LogP contribution in [0.25, 0.3) is 249 Å². The van der Waals surface area contributed by atoms with Crippen LogP contribution in [-0.2, 0) is 0 Å². The molecule has 0 saturated carbocycles. The van der Waals surface area contributed by atoms with Crippen LogP contribution in [0.15, 0.2) is 480 Å². The van der Waals surface area contributed by atoms with Crippen LogP contribution < -0.4 is 0 Å². The third-order valence-electron chi connectivity index (χ3n) is 26.2. The van der Waals surface area contributed by atoms with Crippen molar-refractivity contribution in [3.63, 3.8) is 0 Å². The Kier molecular flexibility index (Phi) is 20.0. The molecule has 20 nitrogen and oxygen atoms in total. The molecule has 0 bridgehead atoms. The van der Waals surface area contributed by atoms with Crippen molar-refractivity contribution in [1.82, 2.24) is 72.7 Å². The molecule has 0 N–H and O–H groups in total. The van der Waals surface area contributed by atoms with Crippen LogP contribution in [-0.4, -0.2) is 72.7 Å². The number of para-hydroxylation sites is 5. The summed E-state index contributed by atoms with van der Waals surface area (Å²) in [5.41, 5.74) is 27.2. The Morgan fingerprint density at radius 1 is 0.164 bits per heavy atom. The van der Waals surface area contributed by atoms with Crippen LogP contribution in [0.2, 0.25) is 0 Å². The minimum Gasteiger partial charge on any atom is -0.464 e. The summed E-state index contributed by atoms with van der Waals surface area (Å²) in [6.45, 7) is 0. The van der Waals surface area contributed by atoms with Gasteiger partial charge in [-0.05, 0) is 216 Å². The number of aromatic nitrogens is 15. The second-order valence-electron chi connectivity index (χ2n) is 34.0. The zero-order valence-corrected chi connectivity index (χ0v) is 74.6. The van der Waals surface area contributed by atoms with Gasteiger partial charge in [0.05, 0.1) is 105 Å². The highest BCUT2D eigenvalue weighted by molar-refractivity contribution is 6.22. The fraction of sp³-hybridized carbons (Fsp3) is 0. The molecule has 140 heavy (non-hydrogen) atoms. The maximum atomic E-state index is 5.67. The highest BCUT2D eigenvalue weighted by Gasteiger charge is 2.24. The first kappa shape index (κ1) is 81.2. The molecule has 20 heteroatoms. The van der Waals surface area contributed by atoms with Crippen molar-refractivity contribution in [2.24, 2.45) is 0 Å². The summed E-state index contributed by atoms with van der Waals surface area (Å²) in [6, 6.07) is 116. The first-order chi connectivity index (χ1) is 69.5. The predicted octanol–water partition coefficient (Wildman–Crippen LogP) is 29.9. The van der Waals surface area contributed by atoms with E-state index in [0.29, 0.717) is 11.8 Å². The first-order valence-electron chi connectivity index (χ1n) is 45.8. The Morgan fingerprint density at radius 2 is 0.471 bits per heavy atom. The number of fused-ring (bicyclic) bond motifs is 25. The Bertz CT molecular complexity index is 8540. The van der Waals surface area contributed by atoms with Crippen LogP contribution in [0.5, 0.6) is 0 Å². The third-order valence-corrected chi connectivity index (χ3v) is 26.2. The minimum absolute atomic E-state index is 0.652. The molecule has 30 rings (SSSR count). The van der Waals surface area contributed by atoms with Gasteiger partial charge < -0.3 is 31.2 Å². The van der Waals surface area contributed by atoms with Crippen molar-refractivity contribution < 1.29 is 22.1 Å². The minimum atomic E-state index is 0.652. The van der Waals surface area contributed by atoms with Crippen molar-refractivity contribution in [2.75, 3.05) is 0 Å². The molecular weight excluding hydrogens is 1730 g/mol. The zero-order valence-electron chi connectivity index (χ0n) is 74.6. The maximum Gasteiger partial charge on any atom is 0.234 e. The molecule has 12 aromatic carbocycles. The molecule has 0 fully saturated rings. The van der Waals surface area contributed by atoms with Crippen molar-refractivity contribution in [3.8, 4) is 84.9 Å². The van der Waals surface area contributed by atoms with Gasteiger partial charge in [-0.3, -0.25) is 33.6 Å². The second kappa shape index (κ2) is 34.5. The number of hydrogen-bond acceptors (Lipinski definition) is 15. The lowest BCUT2D eigenvalue weighted by Crippen LogP contribution is -2.00. The standard InChI is InChI=1S/C25H16N2O.3C24H15N3O.C23H14N4O/c1-2-6-23-20(5-1)21-11-12-24-22(13-15-28-24)25(21)27(23)19-9-7-17(8-10-19)18-4-3-14-26-16-18;1-2-6-21-18(5-1)19-8-9-22-20(11-13-28-22)24(19)27(21)23-10-7-17(15-26-23)16-4-3-12-25-14-16;1-2-6-16(7-3-1)17-14-25-24(26-15-17)27-21-9-5-4-8-18(21)19-10-11-22-20(23(19)27)12-13-28-22;1-2-4-21-18(3-1)19-6-7-22-20(11-14-28-22)24(19)27(21)23-8-5-17(15-26-23)16-9-12-25-13-10-16;1-2-6-20-17(5-1)18-7-8-21-19(9-11-28-21)22(18)27(20)16-13-25-23(26-14-16)15-4-3-10-24-12-15/h1-16H;3*1-15H;1-14H. The summed E-state index contributed by atoms with van der Waals surface area (Å²) in [7, 11) is 0. The molecule has 0 amide bonds. The van der Waals surface area contributed by atoms with Gasteiger partial charge in [-0.2, -0.15) is 0 Å². The topological polar surface area (TPSA) is 219 Å². The summed E-state index contributed by atoms with van der Waals surface area (Å²) in [6.07, 6.45) is 34.4. The molecule has 0 atom stereocenters. The molecule has 0 spiro atoms. The van der Waals surface area contributed by atoms with Crippen molar-refractivity contribution in [1.29, 1.82) is 0 Å². The average Bonchev–Trinajstić information content (AvgIpc) is 1.60. The quantitative estimate of drug-likeness (QED) is 0.124. The predicted molar refractivity (Wildman–Crippen MR) is 558 cm³/mol. The summed E-state index contributed by atoms with van der Waals surface area (Å²) in [5, 5.41) is 17.5. The molecule has 660 valence electrons. The number of hydrogen-bond donors (Lipinski definition) is 0. The van der Waals surface area contributed by atoms with E-state index in [0.717, 1.165) is 172 Å². The molecule has 0 aliphatic rings. The summed E-state index contributed by atoms with van der Waals surface area (Å²) < 4.78 is 39.3. The lowest BCUT2D eigenvalue weighted by molar-refractivity contribution is 0.615. The zero-order chi connectivity index (χ0) is 92.5. The lowest BCUT2D eigenvalue weighted by Gasteiger charge is -2.10. The Labute approximate surface area is 796 Å². The van der Waals surface area contributed by atoms with Crippen LogP contribution in [0.4, 0.5) is 0 Å². The summed E-state index contributed by atoms with van der Waals surface area (Å²) in [4.78, 5) is 44.9. The molecule has 0 unspecified atom stereocenters. The molecule has 0 saturated heterocycles. The van der Waals surface area contributed by atoms with E-state index >= 15 is 0 Å². The van der Waals surface area contributed by atoms with Crippen molar-refractivity contribution >= 4 is 164 Å². The summed E-state index contributed by atoms with van der Waals surface area (Å²) >= 11 is 0. The van der Waals surface area contributed by atoms with E-state index in [1.807, 2.05) is 165 Å². The van der Waals surface area contributed by atoms with Gasteiger partial charge in [-0.25, -0.2) is 29.9 Å². The number of furan rings is 5. The van der Waals surface area contributed by atoms with Gasteiger partial charge in [0, 0.05) is 189 Å². The molecule has 30 aromatic rings. The van der Waals surface area contributed by atoms with Gasteiger partial charge in [0.1, 0.15) is 39.6 Å². The van der Waals surface area contributed by atoms with Crippen LogP contribution in [0, 0.1) is 0 Å². The number of benzene rings is 12. The highest BCUT2D eigenvalue weighted by Crippen LogP contribution is 2.44. The Morgan fingerprint density at radius 3 is 0.864 bits per heavy atom. The van der Waals surface area contributed by atoms with E-state index in [-0.39, 0.29) is 0 Å². The van der Waals surface area contributed by atoms with Gasteiger partial charge >= 0.3 is 0 Å². The normalized spacial score (nSPS) is 11.6. The van der Waals surface area contributed by atoms with Gasteiger partial charge in [0.25, 0.3) is 0 Å². The third kappa shape index (κ3) is 14.1. The van der Waals surface area contributed by atoms with Crippen molar-refractivity contribution in [3.05, 3.63) is 458 Å². The molecule has 0 aliphatic carbocycles. The smallest absolute Gasteiger partial charge is 0.234 e. The fourth-order valence-electron chi connectivity index (χ4n) is 19.8. The molecule has 0 radical (unpaired) electrons. The SMILES string of the molecule is c1ccc(-c2cnc(-n3c4ccccc4c4ccc5occc5c43)nc2)cc1.c1ccc2c(c1)c1ccc3occc3c1n2-c1ccc(-c2ccncc2)cn1.c1cncc(-c2ccc(-n3c4ccccc4c4ccc5occc5c43)cc2)c1.c1cncc(-c2ccc(-n3c4ccccc4c4ccc5occc5c43)nc2)c1.c1cncc(-c2ncc(-n3c4ccccc4c4ccc5occc5c43)cn2)c1. The maximum absolute atomic E-state index is 5.67. The summed E-state index contributed by atoms with van der Waals surface area (Å²) in [5.74, 6) is 3.08. The van der Waals surface area contributed by atoms with Gasteiger partial charge in [-0.15, -0.1) is 0 Å². The van der Waals surface area contributed by atoms with E-state index in [2.05, 4.69) is 277 Å². The largest absolute Gasteiger partial charge is 0.464 e. The fourth-order valence-corrected chi connectivity index (χ4v) is 19.8. The molecule has 18 heterocycles. The highest BCUT2D eigenvalue weighted by atomic mass is 16.3. The van der Waals surface area contributed by atoms with E-state index in [1.165, 1.54) is 64.9 Å². The van der Waals surface area contributed by atoms with Crippen LogP contribution in [0.1, 0.15) is 0 Å². The van der Waals surface area contributed by atoms with E-state index in [1.54, 1.807) is 68.5 Å². The molecule has 0 aliphatic heterocycles. The monoisotopic (exact) mass is 1810 g/mol. The average molecular weight is 1810 g/mol. The van der Waals surface area contributed by atoms with Gasteiger partial charge in [0.15, 0.2) is 5.82 Å². The van der Waals surface area contributed by atoms with Gasteiger partial charge in [0.2, 0.25) is 5.95 Å². The molecular formula is C120H75N15O5. The lowest BCUT2D eigenvalue weighted by atomic mass is 10.1. The van der Waals surface area contributed by atoms with E-state index < -0.39 is 0 Å². The van der Waals surface area contributed by atoms with Crippen LogP contribution >= 0.6 is 0 Å². The van der Waals surface area contributed by atoms with E-state index in [9.17, 15) is 0 Å². The number of nitrogens with zero attached hydrogens (tertiary/aromatic N) is 15. The van der Waals surface area contributed by atoms with Crippen molar-refractivity contribution in [2.45, 2.75) is 0 Å². The second-order valence-corrected chi connectivity index (χ2v) is 34.0. The van der Waals surface area contributed by atoms with E-state index in [4.69, 9.17) is 42.0 Å². The first-order valence-corrected chi connectivity index (χ1v) is 45.8. The molecule has 18 aromatic heterocycles. The number of rotatable bonds is 10. The Hall–Kier alpha value is -19.6. The van der Waals surface area contributed by atoms with Crippen LogP contribution in [0.3, 0.4) is 0 Å². The van der Waals surface area contributed by atoms with Gasteiger partial charge in [-0.1, -0.05) is 146 Å². The Balaban J connectivity index is 0.0000000900. The number of pyridine rings is 6.